The summed E-state index contributed by atoms with van der Waals surface area (Å²) in [5.41, 5.74) is -1.00. The van der Waals surface area contributed by atoms with Crippen molar-refractivity contribution in [3.8, 4) is 0 Å². The summed E-state index contributed by atoms with van der Waals surface area (Å²) in [6.45, 7) is 5.61. The van der Waals surface area contributed by atoms with Crippen LogP contribution in [-0.2, 0) is 20.9 Å². The van der Waals surface area contributed by atoms with Crippen LogP contribution in [0.1, 0.15) is 39.2 Å². The van der Waals surface area contributed by atoms with Crippen LogP contribution in [0.2, 0.25) is 0 Å². The molecule has 3 rings (SSSR count). The number of amides is 2. The van der Waals surface area contributed by atoms with Gasteiger partial charge in [0, 0.05) is 18.8 Å². The van der Waals surface area contributed by atoms with Gasteiger partial charge in [0.25, 0.3) is 0 Å². The topological polar surface area (TPSA) is 96.4 Å². The number of para-hydroxylation sites is 1. The fourth-order valence-corrected chi connectivity index (χ4v) is 3.81. The van der Waals surface area contributed by atoms with Crippen molar-refractivity contribution in [1.82, 2.24) is 4.90 Å². The first kappa shape index (κ1) is 24.1. The van der Waals surface area contributed by atoms with Crippen LogP contribution in [0.4, 0.5) is 15.3 Å². The number of ether oxygens (including phenoxy) is 2. The number of nitrogens with zero attached hydrogens (tertiary/aromatic N) is 2. The zero-order chi connectivity index (χ0) is 24.1. The standard InChI is InChI=1S/C25H30N2O6/c1-24(2,3)33-22(30)26-16-14-25(15-17-26,21(28)29)27(20-12-8-5-9-13-20)23(31)32-18-19-10-6-4-7-11-19/h4-13H,14-18H2,1-3H3,(H,28,29). The van der Waals surface area contributed by atoms with E-state index in [0.29, 0.717) is 5.69 Å². The second-order valence-corrected chi connectivity index (χ2v) is 9.02. The maximum absolute atomic E-state index is 13.3. The lowest BCUT2D eigenvalue weighted by Gasteiger charge is -2.45. The number of hydrogen-bond acceptors (Lipinski definition) is 5. The van der Waals surface area contributed by atoms with Crippen LogP contribution in [0, 0.1) is 0 Å². The number of piperidine rings is 1. The summed E-state index contributed by atoms with van der Waals surface area (Å²) in [6, 6.07) is 17.8. The Morgan fingerprint density at radius 2 is 1.52 bits per heavy atom. The number of likely N-dealkylation sites (tertiary alicyclic amines) is 1. The van der Waals surface area contributed by atoms with Gasteiger partial charge >= 0.3 is 18.2 Å². The third-order valence-corrected chi connectivity index (χ3v) is 5.47. The van der Waals surface area contributed by atoms with Gasteiger partial charge in [0.2, 0.25) is 0 Å². The molecule has 0 atom stereocenters. The Bertz CT molecular complexity index is 963. The van der Waals surface area contributed by atoms with E-state index in [1.54, 1.807) is 51.1 Å². The zero-order valence-corrected chi connectivity index (χ0v) is 19.2. The summed E-state index contributed by atoms with van der Waals surface area (Å²) >= 11 is 0. The molecular formula is C25H30N2O6. The van der Waals surface area contributed by atoms with Crippen molar-refractivity contribution in [2.45, 2.75) is 51.4 Å². The van der Waals surface area contributed by atoms with Gasteiger partial charge in [-0.2, -0.15) is 0 Å². The van der Waals surface area contributed by atoms with Crippen LogP contribution in [0.3, 0.4) is 0 Å². The number of benzene rings is 2. The highest BCUT2D eigenvalue weighted by Crippen LogP contribution is 2.35. The fraction of sp³-hybridized carbons (Fsp3) is 0.400. The molecule has 0 bridgehead atoms. The summed E-state index contributed by atoms with van der Waals surface area (Å²) in [7, 11) is 0. The smallest absolute Gasteiger partial charge is 0.415 e. The Hall–Kier alpha value is -3.55. The number of aliphatic carboxylic acids is 1. The number of carboxylic acid groups (broad SMARTS) is 1. The van der Waals surface area contributed by atoms with E-state index < -0.39 is 29.3 Å². The molecule has 1 heterocycles. The highest BCUT2D eigenvalue weighted by atomic mass is 16.6. The molecule has 8 heteroatoms. The third kappa shape index (κ3) is 5.83. The first-order valence-electron chi connectivity index (χ1n) is 10.9. The first-order valence-corrected chi connectivity index (χ1v) is 10.9. The summed E-state index contributed by atoms with van der Waals surface area (Å²) in [6.07, 6.45) is -1.18. The van der Waals surface area contributed by atoms with E-state index in [1.165, 1.54) is 9.80 Å². The number of carbonyl (C=O) groups excluding carboxylic acids is 2. The van der Waals surface area contributed by atoms with Crippen molar-refractivity contribution in [3.63, 3.8) is 0 Å². The molecule has 33 heavy (non-hydrogen) atoms. The molecule has 0 unspecified atom stereocenters. The minimum Gasteiger partial charge on any atom is -0.479 e. The number of rotatable bonds is 5. The van der Waals surface area contributed by atoms with Crippen LogP contribution in [0.15, 0.2) is 60.7 Å². The molecule has 2 aromatic carbocycles. The van der Waals surface area contributed by atoms with Crippen LogP contribution >= 0.6 is 0 Å². The molecule has 0 radical (unpaired) electrons. The van der Waals surface area contributed by atoms with Gasteiger partial charge in [-0.25, -0.2) is 14.4 Å². The van der Waals surface area contributed by atoms with E-state index in [1.807, 2.05) is 30.3 Å². The fourth-order valence-electron chi connectivity index (χ4n) is 3.81. The quantitative estimate of drug-likeness (QED) is 0.704. The van der Waals surface area contributed by atoms with Gasteiger partial charge in [-0.1, -0.05) is 48.5 Å². The van der Waals surface area contributed by atoms with Crippen molar-refractivity contribution in [3.05, 3.63) is 66.2 Å². The molecule has 1 N–H and O–H groups in total. The predicted molar refractivity (Wildman–Crippen MR) is 123 cm³/mol. The molecule has 0 aromatic heterocycles. The maximum Gasteiger partial charge on any atom is 0.415 e. The molecule has 2 amide bonds. The average Bonchev–Trinajstić information content (AvgIpc) is 2.78. The third-order valence-electron chi connectivity index (χ3n) is 5.47. The Balaban J connectivity index is 1.85. The van der Waals surface area contributed by atoms with E-state index in [9.17, 15) is 19.5 Å². The van der Waals surface area contributed by atoms with Crippen molar-refractivity contribution in [2.24, 2.45) is 0 Å². The van der Waals surface area contributed by atoms with E-state index in [0.717, 1.165) is 5.56 Å². The molecule has 0 saturated carbocycles. The van der Waals surface area contributed by atoms with Gasteiger partial charge in [0.1, 0.15) is 12.2 Å². The zero-order valence-electron chi connectivity index (χ0n) is 19.2. The lowest BCUT2D eigenvalue weighted by molar-refractivity contribution is -0.145. The van der Waals surface area contributed by atoms with Gasteiger partial charge < -0.3 is 19.5 Å². The molecule has 2 aromatic rings. The minimum atomic E-state index is -1.56. The van der Waals surface area contributed by atoms with Crippen LogP contribution < -0.4 is 4.90 Å². The van der Waals surface area contributed by atoms with Gasteiger partial charge in [-0.3, -0.25) is 4.90 Å². The summed E-state index contributed by atoms with van der Waals surface area (Å²) < 4.78 is 11.0. The molecule has 1 fully saturated rings. The Labute approximate surface area is 193 Å². The van der Waals surface area contributed by atoms with Crippen LogP contribution in [0.25, 0.3) is 0 Å². The normalized spacial score (nSPS) is 15.4. The monoisotopic (exact) mass is 454 g/mol. The molecule has 1 aliphatic rings. The SMILES string of the molecule is CC(C)(C)OC(=O)N1CCC(C(=O)O)(N(C(=O)OCc2ccccc2)c2ccccc2)CC1. The highest BCUT2D eigenvalue weighted by molar-refractivity contribution is 5.98. The molecule has 176 valence electrons. The van der Waals surface area contributed by atoms with E-state index in [4.69, 9.17) is 9.47 Å². The van der Waals surface area contributed by atoms with Crippen molar-refractivity contribution >= 4 is 23.8 Å². The Kier molecular flexibility index (Phi) is 7.26. The second-order valence-electron chi connectivity index (χ2n) is 9.02. The molecule has 8 nitrogen and oxygen atoms in total. The van der Waals surface area contributed by atoms with Crippen molar-refractivity contribution in [1.29, 1.82) is 0 Å². The summed E-state index contributed by atoms with van der Waals surface area (Å²) in [5.74, 6) is -1.15. The Morgan fingerprint density at radius 3 is 2.03 bits per heavy atom. The van der Waals surface area contributed by atoms with Crippen molar-refractivity contribution < 1.29 is 29.0 Å². The summed E-state index contributed by atoms with van der Waals surface area (Å²) in [4.78, 5) is 41.0. The number of carbonyl (C=O) groups is 3. The van der Waals surface area contributed by atoms with Crippen LogP contribution in [0.5, 0.6) is 0 Å². The van der Waals surface area contributed by atoms with Gasteiger partial charge in [0.15, 0.2) is 5.54 Å². The molecule has 0 aliphatic carbocycles. The molecule has 0 spiro atoms. The first-order chi connectivity index (χ1) is 15.6. The predicted octanol–water partition coefficient (Wildman–Crippen LogP) is 4.68. The highest BCUT2D eigenvalue weighted by Gasteiger charge is 2.51. The maximum atomic E-state index is 13.3. The van der Waals surface area contributed by atoms with Gasteiger partial charge in [0.05, 0.1) is 0 Å². The number of anilines is 1. The van der Waals surface area contributed by atoms with E-state index in [-0.39, 0.29) is 32.5 Å². The number of hydrogen-bond donors (Lipinski definition) is 1. The lowest BCUT2D eigenvalue weighted by atomic mass is 9.85. The lowest BCUT2D eigenvalue weighted by Crippen LogP contribution is -2.63. The Morgan fingerprint density at radius 1 is 0.970 bits per heavy atom. The van der Waals surface area contributed by atoms with Gasteiger partial charge in [-0.05, 0) is 51.3 Å². The molecular weight excluding hydrogens is 424 g/mol. The largest absolute Gasteiger partial charge is 0.479 e. The average molecular weight is 455 g/mol. The van der Waals surface area contributed by atoms with E-state index in [2.05, 4.69) is 0 Å². The van der Waals surface area contributed by atoms with E-state index >= 15 is 0 Å². The minimum absolute atomic E-state index is 0.0166. The molecule has 1 saturated heterocycles. The summed E-state index contributed by atoms with van der Waals surface area (Å²) in [5, 5.41) is 10.3. The van der Waals surface area contributed by atoms with Gasteiger partial charge in [-0.15, -0.1) is 0 Å². The van der Waals surface area contributed by atoms with Crippen molar-refractivity contribution in [2.75, 3.05) is 18.0 Å². The van der Waals surface area contributed by atoms with Crippen LogP contribution in [-0.4, -0.2) is 52.4 Å². The number of carboxylic acids is 1. The second kappa shape index (κ2) is 9.94. The molecule has 1 aliphatic heterocycles.